The molecule has 1 aliphatic carbocycles. The van der Waals surface area contributed by atoms with E-state index in [0.717, 1.165) is 34.6 Å². The lowest BCUT2D eigenvalue weighted by molar-refractivity contribution is 1.06. The number of hydrogen-bond donors (Lipinski definition) is 0. The summed E-state index contributed by atoms with van der Waals surface area (Å²) in [5.74, 6) is 0. The third-order valence-corrected chi connectivity index (χ3v) is 12.4. The van der Waals surface area contributed by atoms with Crippen LogP contribution in [0.2, 0.25) is 0 Å². The van der Waals surface area contributed by atoms with E-state index in [1.807, 2.05) is 0 Å². The van der Waals surface area contributed by atoms with E-state index < -0.39 is 0 Å². The lowest BCUT2D eigenvalue weighted by Crippen LogP contribution is -1.95. The van der Waals surface area contributed by atoms with Crippen LogP contribution in [0.25, 0.3) is 104 Å². The highest BCUT2D eigenvalue weighted by molar-refractivity contribution is 6.23. The maximum atomic E-state index is 4.83. The van der Waals surface area contributed by atoms with Crippen LogP contribution in [0.15, 0.2) is 200 Å². The number of nitrogens with zero attached hydrogens (tertiary/aromatic N) is 3. The van der Waals surface area contributed by atoms with Crippen molar-refractivity contribution >= 4 is 76.3 Å². The van der Waals surface area contributed by atoms with Crippen LogP contribution in [0.4, 0.5) is 0 Å². The van der Waals surface area contributed by atoms with Crippen molar-refractivity contribution in [2.75, 3.05) is 0 Å². The van der Waals surface area contributed by atoms with Gasteiger partial charge in [-0.05, 0) is 121 Å². The molecule has 12 rings (SSSR count). The fourth-order valence-electron chi connectivity index (χ4n) is 9.63. The molecule has 3 nitrogen and oxygen atoms in total. The van der Waals surface area contributed by atoms with Gasteiger partial charge in [0.15, 0.2) is 0 Å². The van der Waals surface area contributed by atoms with Gasteiger partial charge in [0.2, 0.25) is 0 Å². The summed E-state index contributed by atoms with van der Waals surface area (Å²) in [6.07, 6.45) is 10.4. The molecule has 0 bridgehead atoms. The molecule has 0 aliphatic heterocycles. The van der Waals surface area contributed by atoms with E-state index in [-0.39, 0.29) is 0 Å². The second-order valence-electron chi connectivity index (χ2n) is 15.6. The van der Waals surface area contributed by atoms with E-state index in [1.54, 1.807) is 12.4 Å². The van der Waals surface area contributed by atoms with Gasteiger partial charge < -0.3 is 4.57 Å². The summed E-state index contributed by atoms with van der Waals surface area (Å²) in [5.41, 5.74) is 15.5. The zero-order valence-electron chi connectivity index (χ0n) is 32.3. The monoisotopic (exact) mass is 751 g/mol. The first-order chi connectivity index (χ1) is 29.3. The normalized spacial score (nSPS) is 13.2. The Balaban J connectivity index is 0.924. The first-order valence-electron chi connectivity index (χ1n) is 20.4. The van der Waals surface area contributed by atoms with Crippen LogP contribution in [0, 0.1) is 0 Å². The first-order valence-corrected chi connectivity index (χ1v) is 20.4. The summed E-state index contributed by atoms with van der Waals surface area (Å²) in [7, 11) is 0. The van der Waals surface area contributed by atoms with E-state index in [2.05, 4.69) is 193 Å². The smallest absolute Gasteiger partial charge is 0.0971 e. The molecule has 276 valence electrons. The van der Waals surface area contributed by atoms with Gasteiger partial charge in [0.25, 0.3) is 0 Å². The Bertz CT molecular complexity index is 3520. The molecule has 2 heterocycles. The van der Waals surface area contributed by atoms with Crippen molar-refractivity contribution in [3.8, 4) is 27.9 Å². The van der Waals surface area contributed by atoms with Crippen molar-refractivity contribution in [3.05, 3.63) is 212 Å². The number of aromatic nitrogens is 3. The standard InChI is InChI=1S/C56H37N3/c1-2-16-42(17-3-1)59-53-23-9-8-21-49(53)51-35-41(25-29-54(51)59)44-28-27-43(45-18-4-5-19-46(44)45)40-15-11-14-38(33-40)36-12-10-13-37(32-36)39-24-26-48-47-20-6-7-22-50(47)55-56(52(48)34-39)58-31-30-57-55/h1-9,11-12,14-35H,10,13H2. The van der Waals surface area contributed by atoms with E-state index in [9.17, 15) is 0 Å². The zero-order valence-corrected chi connectivity index (χ0v) is 32.3. The molecule has 1 aliphatic rings. The van der Waals surface area contributed by atoms with E-state index in [1.165, 1.54) is 93.6 Å². The molecule has 2 aromatic heterocycles. The van der Waals surface area contributed by atoms with Crippen molar-refractivity contribution < 1.29 is 0 Å². The SMILES string of the molecule is C1=C(c2cccc(-c3ccc(-c4ccc5c(c4)c4ccccc4n5-c4ccccc4)c4ccccc34)c2)C=C(c2ccc3c4ccccc4c4nccnc4c3c2)CC1. The van der Waals surface area contributed by atoms with Crippen molar-refractivity contribution in [2.24, 2.45) is 0 Å². The molecule has 0 unspecified atom stereocenters. The average molecular weight is 752 g/mol. The van der Waals surface area contributed by atoms with Crippen LogP contribution in [0.3, 0.4) is 0 Å². The number of para-hydroxylation sites is 2. The topological polar surface area (TPSA) is 30.7 Å². The average Bonchev–Trinajstić information content (AvgIpc) is 3.65. The molecule has 0 radical (unpaired) electrons. The van der Waals surface area contributed by atoms with Gasteiger partial charge in [0.05, 0.1) is 22.1 Å². The summed E-state index contributed by atoms with van der Waals surface area (Å²) >= 11 is 0. The predicted octanol–water partition coefficient (Wildman–Crippen LogP) is 14.8. The van der Waals surface area contributed by atoms with Gasteiger partial charge in [-0.2, -0.15) is 0 Å². The van der Waals surface area contributed by atoms with Crippen LogP contribution in [-0.2, 0) is 0 Å². The van der Waals surface area contributed by atoms with Crippen LogP contribution in [0.5, 0.6) is 0 Å². The molecule has 0 saturated heterocycles. The molecule has 0 spiro atoms. The number of benzene rings is 9. The van der Waals surface area contributed by atoms with E-state index >= 15 is 0 Å². The highest BCUT2D eigenvalue weighted by Gasteiger charge is 2.17. The Morgan fingerprint density at radius 1 is 0.390 bits per heavy atom. The molecule has 59 heavy (non-hydrogen) atoms. The van der Waals surface area contributed by atoms with Gasteiger partial charge >= 0.3 is 0 Å². The van der Waals surface area contributed by atoms with E-state index in [0.29, 0.717) is 0 Å². The fourth-order valence-corrected chi connectivity index (χ4v) is 9.63. The van der Waals surface area contributed by atoms with Crippen LogP contribution >= 0.6 is 0 Å². The molecular formula is C56H37N3. The molecule has 0 fully saturated rings. The maximum absolute atomic E-state index is 4.83. The highest BCUT2D eigenvalue weighted by Crippen LogP contribution is 2.41. The van der Waals surface area contributed by atoms with Gasteiger partial charge in [0.1, 0.15) is 0 Å². The van der Waals surface area contributed by atoms with E-state index in [4.69, 9.17) is 9.97 Å². The maximum Gasteiger partial charge on any atom is 0.0971 e. The largest absolute Gasteiger partial charge is 0.309 e. The lowest BCUT2D eigenvalue weighted by atomic mass is 9.87. The molecule has 0 saturated carbocycles. The van der Waals surface area contributed by atoms with Gasteiger partial charge in [-0.3, -0.25) is 9.97 Å². The molecule has 9 aromatic carbocycles. The Labute approximate surface area is 341 Å². The molecule has 11 aromatic rings. The van der Waals surface area contributed by atoms with Gasteiger partial charge in [0, 0.05) is 39.6 Å². The lowest BCUT2D eigenvalue weighted by Gasteiger charge is -2.17. The molecule has 0 N–H and O–H groups in total. The van der Waals surface area contributed by atoms with Gasteiger partial charge in [-0.25, -0.2) is 0 Å². The second-order valence-corrected chi connectivity index (χ2v) is 15.6. The summed E-state index contributed by atoms with van der Waals surface area (Å²) in [4.78, 5) is 9.60. The summed E-state index contributed by atoms with van der Waals surface area (Å²) in [6, 6.07) is 64.4. The molecule has 0 atom stereocenters. The number of fused-ring (bicyclic) bond motifs is 10. The number of hydrogen-bond acceptors (Lipinski definition) is 2. The zero-order chi connectivity index (χ0) is 38.9. The number of rotatable bonds is 5. The van der Waals surface area contributed by atoms with Crippen molar-refractivity contribution in [3.63, 3.8) is 0 Å². The third-order valence-electron chi connectivity index (χ3n) is 12.4. The third kappa shape index (κ3) is 5.43. The fraction of sp³-hybridized carbons (Fsp3) is 0.0357. The first kappa shape index (κ1) is 33.5. The Kier molecular flexibility index (Phi) is 7.67. The highest BCUT2D eigenvalue weighted by atomic mass is 15.0. The van der Waals surface area contributed by atoms with Crippen molar-refractivity contribution in [2.45, 2.75) is 12.8 Å². The van der Waals surface area contributed by atoms with Crippen LogP contribution < -0.4 is 0 Å². The molecule has 3 heteroatoms. The predicted molar refractivity (Wildman–Crippen MR) is 249 cm³/mol. The summed E-state index contributed by atoms with van der Waals surface area (Å²) in [5, 5.41) is 9.75. The summed E-state index contributed by atoms with van der Waals surface area (Å²) in [6.45, 7) is 0. The quantitative estimate of drug-likeness (QED) is 0.164. The second kappa shape index (κ2) is 13.5. The Morgan fingerprint density at radius 2 is 0.983 bits per heavy atom. The van der Waals surface area contributed by atoms with Gasteiger partial charge in [-0.1, -0.05) is 146 Å². The Morgan fingerprint density at radius 3 is 1.78 bits per heavy atom. The van der Waals surface area contributed by atoms with Crippen LogP contribution in [0.1, 0.15) is 24.0 Å². The molecular weight excluding hydrogens is 715 g/mol. The number of allylic oxidation sites excluding steroid dienone is 4. The van der Waals surface area contributed by atoms with Crippen LogP contribution in [-0.4, -0.2) is 14.5 Å². The minimum atomic E-state index is 0.955. The van der Waals surface area contributed by atoms with Gasteiger partial charge in [-0.15, -0.1) is 0 Å². The van der Waals surface area contributed by atoms with Crippen molar-refractivity contribution in [1.29, 1.82) is 0 Å². The molecule has 0 amide bonds. The van der Waals surface area contributed by atoms with Crippen molar-refractivity contribution in [1.82, 2.24) is 14.5 Å². The summed E-state index contributed by atoms with van der Waals surface area (Å²) < 4.78 is 2.38. The Hall–Kier alpha value is -7.62. The minimum absolute atomic E-state index is 0.955. The minimum Gasteiger partial charge on any atom is -0.309 e.